The van der Waals surface area contributed by atoms with Gasteiger partial charge < -0.3 is 5.73 Å². The van der Waals surface area contributed by atoms with Crippen LogP contribution in [0.25, 0.3) is 0 Å². The van der Waals surface area contributed by atoms with Crippen molar-refractivity contribution in [1.82, 2.24) is 4.72 Å². The average molecular weight is 222 g/mol. The van der Waals surface area contributed by atoms with Gasteiger partial charge in [-0.2, -0.15) is 0 Å². The van der Waals surface area contributed by atoms with E-state index in [1.54, 1.807) is 0 Å². The van der Waals surface area contributed by atoms with Crippen LogP contribution in [0.2, 0.25) is 0 Å². The van der Waals surface area contributed by atoms with Crippen molar-refractivity contribution in [2.45, 2.75) is 27.7 Å². The molecule has 0 rings (SSSR count). The maximum Gasteiger partial charge on any atom is 0.211 e. The molecule has 0 unspecified atom stereocenters. The van der Waals surface area contributed by atoms with Gasteiger partial charge in [-0.25, -0.2) is 13.1 Å². The summed E-state index contributed by atoms with van der Waals surface area (Å²) in [6.45, 7) is 8.51. The first kappa shape index (κ1) is 13.9. The third kappa shape index (κ3) is 6.34. The summed E-state index contributed by atoms with van der Waals surface area (Å²) >= 11 is 0. The molecule has 0 saturated heterocycles. The lowest BCUT2D eigenvalue weighted by molar-refractivity contribution is 0.375. The van der Waals surface area contributed by atoms with Crippen LogP contribution in [-0.2, 0) is 10.0 Å². The van der Waals surface area contributed by atoms with E-state index in [0.717, 1.165) is 0 Å². The number of sulfonamides is 1. The van der Waals surface area contributed by atoms with Crippen LogP contribution >= 0.6 is 0 Å². The fraction of sp³-hybridized carbons (Fsp3) is 1.00. The van der Waals surface area contributed by atoms with Gasteiger partial charge >= 0.3 is 0 Å². The molecule has 3 N–H and O–H groups in total. The van der Waals surface area contributed by atoms with E-state index >= 15 is 0 Å². The second-order valence-electron chi connectivity index (χ2n) is 4.86. The molecule has 0 radical (unpaired) electrons. The summed E-state index contributed by atoms with van der Waals surface area (Å²) in [5, 5.41) is 0. The van der Waals surface area contributed by atoms with Crippen LogP contribution in [0.5, 0.6) is 0 Å². The highest BCUT2D eigenvalue weighted by Crippen LogP contribution is 2.11. The third-order valence-electron chi connectivity index (χ3n) is 1.88. The summed E-state index contributed by atoms with van der Waals surface area (Å²) in [6.07, 6.45) is 0. The molecule has 0 aromatic rings. The largest absolute Gasteiger partial charge is 0.330 e. The maximum absolute atomic E-state index is 11.5. The molecule has 4 nitrogen and oxygen atoms in total. The van der Waals surface area contributed by atoms with E-state index in [9.17, 15) is 8.42 Å². The van der Waals surface area contributed by atoms with Gasteiger partial charge in [0.25, 0.3) is 0 Å². The lowest BCUT2D eigenvalue weighted by Gasteiger charge is -2.22. The summed E-state index contributed by atoms with van der Waals surface area (Å²) < 4.78 is 25.5. The van der Waals surface area contributed by atoms with Crippen molar-refractivity contribution in [1.29, 1.82) is 0 Å². The van der Waals surface area contributed by atoms with Gasteiger partial charge in [0.05, 0.1) is 5.75 Å². The first-order valence-electron chi connectivity index (χ1n) is 4.86. The number of nitrogens with one attached hydrogen (secondary N) is 1. The molecule has 0 heterocycles. The van der Waals surface area contributed by atoms with E-state index in [1.807, 2.05) is 27.7 Å². The molecule has 14 heavy (non-hydrogen) atoms. The molecule has 0 aromatic heterocycles. The second kappa shape index (κ2) is 5.09. The van der Waals surface area contributed by atoms with Crippen LogP contribution < -0.4 is 10.5 Å². The summed E-state index contributed by atoms with van der Waals surface area (Å²) in [5.41, 5.74) is 5.33. The number of rotatable bonds is 6. The van der Waals surface area contributed by atoms with Crippen molar-refractivity contribution in [2.24, 2.45) is 17.1 Å². The molecule has 0 aromatic carbocycles. The van der Waals surface area contributed by atoms with Crippen molar-refractivity contribution in [3.8, 4) is 0 Å². The van der Waals surface area contributed by atoms with Crippen LogP contribution in [0.1, 0.15) is 27.7 Å². The topological polar surface area (TPSA) is 72.2 Å². The normalized spacial score (nSPS) is 13.6. The minimum absolute atomic E-state index is 0.147. The van der Waals surface area contributed by atoms with Gasteiger partial charge in [-0.05, 0) is 17.9 Å². The highest BCUT2D eigenvalue weighted by atomic mass is 32.2. The Kier molecular flexibility index (Phi) is 5.05. The highest BCUT2D eigenvalue weighted by molar-refractivity contribution is 7.89. The van der Waals surface area contributed by atoms with Gasteiger partial charge in [-0.15, -0.1) is 0 Å². The van der Waals surface area contributed by atoms with Crippen molar-refractivity contribution in [3.05, 3.63) is 0 Å². The van der Waals surface area contributed by atoms with Gasteiger partial charge in [0, 0.05) is 6.54 Å². The number of hydrogen-bond donors (Lipinski definition) is 2. The molecular weight excluding hydrogens is 200 g/mol. The van der Waals surface area contributed by atoms with Gasteiger partial charge in [0.1, 0.15) is 0 Å². The lowest BCUT2D eigenvalue weighted by Crippen LogP contribution is -2.39. The molecule has 0 fully saturated rings. The maximum atomic E-state index is 11.5. The Bertz CT molecular complexity index is 258. The Labute approximate surface area is 87.3 Å². The lowest BCUT2D eigenvalue weighted by atomic mass is 9.95. The van der Waals surface area contributed by atoms with E-state index in [4.69, 9.17) is 5.73 Å². The van der Waals surface area contributed by atoms with Crippen molar-refractivity contribution in [3.63, 3.8) is 0 Å². The van der Waals surface area contributed by atoms with Crippen LogP contribution in [0.3, 0.4) is 0 Å². The Hall–Kier alpha value is -0.130. The molecule has 86 valence electrons. The van der Waals surface area contributed by atoms with Gasteiger partial charge in [-0.3, -0.25) is 0 Å². The smallest absolute Gasteiger partial charge is 0.211 e. The molecule has 0 amide bonds. The zero-order chi connectivity index (χ0) is 11.4. The Morgan fingerprint density at radius 2 is 1.86 bits per heavy atom. The molecule has 0 aliphatic heterocycles. The molecule has 0 spiro atoms. The molecule has 0 saturated carbocycles. The van der Waals surface area contributed by atoms with Crippen molar-refractivity contribution < 1.29 is 8.42 Å². The van der Waals surface area contributed by atoms with E-state index < -0.39 is 10.0 Å². The summed E-state index contributed by atoms with van der Waals surface area (Å²) in [6, 6.07) is 0. The van der Waals surface area contributed by atoms with Crippen LogP contribution in [0.4, 0.5) is 0 Å². The zero-order valence-electron chi connectivity index (χ0n) is 9.50. The van der Waals surface area contributed by atoms with Gasteiger partial charge in [-0.1, -0.05) is 27.7 Å². The molecule has 5 heteroatoms. The van der Waals surface area contributed by atoms with E-state index in [-0.39, 0.29) is 17.1 Å². The monoisotopic (exact) mass is 222 g/mol. The summed E-state index contributed by atoms with van der Waals surface area (Å²) in [5.74, 6) is 0.321. The fourth-order valence-corrected chi connectivity index (χ4v) is 2.48. The third-order valence-corrected chi connectivity index (χ3v) is 3.57. The van der Waals surface area contributed by atoms with Crippen LogP contribution in [-0.4, -0.2) is 27.3 Å². The zero-order valence-corrected chi connectivity index (χ0v) is 10.3. The predicted octanol–water partition coefficient (Wildman–Crippen LogP) is 0.547. The first-order valence-corrected chi connectivity index (χ1v) is 6.51. The molecule has 0 atom stereocenters. The van der Waals surface area contributed by atoms with Gasteiger partial charge in [0.2, 0.25) is 10.0 Å². The fourth-order valence-electron chi connectivity index (χ4n) is 0.875. The van der Waals surface area contributed by atoms with Crippen LogP contribution in [0, 0.1) is 11.3 Å². The van der Waals surface area contributed by atoms with E-state index in [2.05, 4.69) is 4.72 Å². The molecule has 0 aliphatic rings. The quantitative estimate of drug-likeness (QED) is 0.689. The standard InChI is InChI=1S/C9H22N2O2S/c1-8(2)5-14(12,13)11-7-9(3,4)6-10/h8,11H,5-7,10H2,1-4H3. The van der Waals surface area contributed by atoms with E-state index in [1.165, 1.54) is 0 Å². The minimum Gasteiger partial charge on any atom is -0.330 e. The predicted molar refractivity (Wildman–Crippen MR) is 59.5 cm³/mol. The second-order valence-corrected chi connectivity index (χ2v) is 6.72. The van der Waals surface area contributed by atoms with Crippen molar-refractivity contribution >= 4 is 10.0 Å². The number of nitrogens with two attached hydrogens (primary N) is 1. The summed E-state index contributed by atoms with van der Waals surface area (Å²) in [4.78, 5) is 0. The molecule has 0 bridgehead atoms. The Morgan fingerprint density at radius 1 is 1.36 bits per heavy atom. The Morgan fingerprint density at radius 3 is 2.21 bits per heavy atom. The number of hydrogen-bond acceptors (Lipinski definition) is 3. The molecule has 0 aliphatic carbocycles. The van der Waals surface area contributed by atoms with Gasteiger partial charge in [0.15, 0.2) is 0 Å². The summed E-state index contributed by atoms with van der Waals surface area (Å²) in [7, 11) is -3.13. The first-order chi connectivity index (χ1) is 6.18. The SMILES string of the molecule is CC(C)CS(=O)(=O)NCC(C)(C)CN. The van der Waals surface area contributed by atoms with Crippen LogP contribution in [0.15, 0.2) is 0 Å². The average Bonchev–Trinajstić information content (AvgIpc) is 1.99. The highest BCUT2D eigenvalue weighted by Gasteiger charge is 2.20. The Balaban J connectivity index is 4.13. The van der Waals surface area contributed by atoms with Crippen molar-refractivity contribution in [2.75, 3.05) is 18.8 Å². The minimum atomic E-state index is -3.13. The molecular formula is C9H22N2O2S. The van der Waals surface area contributed by atoms with E-state index in [0.29, 0.717) is 13.1 Å².